The Hall–Kier alpha value is -0.430. The Morgan fingerprint density at radius 3 is 2.00 bits per heavy atom. The van der Waals surface area contributed by atoms with Crippen molar-refractivity contribution in [1.82, 2.24) is 0 Å². The molecule has 0 radical (unpaired) electrons. The van der Waals surface area contributed by atoms with Crippen molar-refractivity contribution in [3.05, 3.63) is 29.3 Å². The van der Waals surface area contributed by atoms with Crippen LogP contribution >= 0.6 is 9.24 Å². The molecule has 1 aromatic carbocycles. The fourth-order valence-corrected chi connectivity index (χ4v) is 3.53. The van der Waals surface area contributed by atoms with Gasteiger partial charge in [0.1, 0.15) is 0 Å². The van der Waals surface area contributed by atoms with E-state index in [1.54, 1.807) is 0 Å². The molecule has 0 aliphatic heterocycles. The molecule has 0 saturated carbocycles. The lowest BCUT2D eigenvalue weighted by Gasteiger charge is -2.35. The highest BCUT2D eigenvalue weighted by molar-refractivity contribution is 7.27. The summed E-state index contributed by atoms with van der Waals surface area (Å²) >= 11 is 0. The molecule has 0 spiro atoms. The monoisotopic (exact) mass is 280 g/mol. The summed E-state index contributed by atoms with van der Waals surface area (Å²) in [6, 6.07) is 6.55. The molecule has 0 bridgehead atoms. The highest BCUT2D eigenvalue weighted by atomic mass is 31.0. The quantitative estimate of drug-likeness (QED) is 0.786. The number of hydrogen-bond acceptors (Lipinski definition) is 2. The fraction of sp³-hybridized carbons (Fsp3) is 0.625. The molecule has 0 saturated heterocycles. The van der Waals surface area contributed by atoms with Gasteiger partial charge in [0.15, 0.2) is 0 Å². The van der Waals surface area contributed by atoms with Gasteiger partial charge in [-0.05, 0) is 53.2 Å². The van der Waals surface area contributed by atoms with Crippen LogP contribution in [0.25, 0.3) is 0 Å². The molecular formula is C16H29N2P. The number of nitrogens with two attached hydrogens (primary N) is 2. The molecule has 1 atom stereocenters. The maximum absolute atomic E-state index is 5.79. The summed E-state index contributed by atoms with van der Waals surface area (Å²) in [5.74, 6) is 0. The summed E-state index contributed by atoms with van der Waals surface area (Å²) in [6.07, 6.45) is 1.98. The van der Waals surface area contributed by atoms with Crippen LogP contribution < -0.4 is 16.8 Å². The first-order valence-corrected chi connectivity index (χ1v) is 7.63. The van der Waals surface area contributed by atoms with Crippen molar-refractivity contribution >= 4 is 14.5 Å². The van der Waals surface area contributed by atoms with Gasteiger partial charge in [0.2, 0.25) is 0 Å². The smallest absolute Gasteiger partial charge is 0.00690 e. The van der Waals surface area contributed by atoms with E-state index in [0.717, 1.165) is 12.8 Å². The van der Waals surface area contributed by atoms with Crippen molar-refractivity contribution in [2.45, 2.75) is 51.4 Å². The highest BCUT2D eigenvalue weighted by Crippen LogP contribution is 2.37. The number of hydrogen-bond donors (Lipinski definition) is 2. The SMILES string of the molecule is CC(C)(CCN)c1cccc(P)c1C(C)(C)CCN. The van der Waals surface area contributed by atoms with Crippen molar-refractivity contribution in [3.8, 4) is 0 Å². The summed E-state index contributed by atoms with van der Waals surface area (Å²) in [4.78, 5) is 0. The molecule has 2 nitrogen and oxygen atoms in total. The predicted molar refractivity (Wildman–Crippen MR) is 89.2 cm³/mol. The molecule has 0 heterocycles. The van der Waals surface area contributed by atoms with E-state index in [9.17, 15) is 0 Å². The molecule has 0 amide bonds. The molecule has 19 heavy (non-hydrogen) atoms. The molecule has 1 rings (SSSR count). The third-order valence-electron chi connectivity index (χ3n) is 4.04. The largest absolute Gasteiger partial charge is 0.330 e. The van der Waals surface area contributed by atoms with Gasteiger partial charge in [-0.25, -0.2) is 0 Å². The predicted octanol–water partition coefficient (Wildman–Crippen LogP) is 2.44. The Kier molecular flexibility index (Phi) is 5.55. The molecule has 1 aromatic rings. The van der Waals surface area contributed by atoms with Gasteiger partial charge in [-0.3, -0.25) is 0 Å². The first kappa shape index (κ1) is 16.6. The van der Waals surface area contributed by atoms with Gasteiger partial charge in [-0.2, -0.15) is 0 Å². The molecule has 0 aliphatic rings. The van der Waals surface area contributed by atoms with E-state index >= 15 is 0 Å². The van der Waals surface area contributed by atoms with Crippen LogP contribution in [0.4, 0.5) is 0 Å². The lowest BCUT2D eigenvalue weighted by molar-refractivity contribution is 0.442. The summed E-state index contributed by atoms with van der Waals surface area (Å²) in [5.41, 5.74) is 14.6. The van der Waals surface area contributed by atoms with E-state index in [1.165, 1.54) is 16.4 Å². The van der Waals surface area contributed by atoms with Gasteiger partial charge < -0.3 is 11.5 Å². The normalized spacial score (nSPS) is 12.8. The van der Waals surface area contributed by atoms with E-state index in [0.29, 0.717) is 13.1 Å². The van der Waals surface area contributed by atoms with Gasteiger partial charge in [0.05, 0.1) is 0 Å². The lowest BCUT2D eigenvalue weighted by Crippen LogP contribution is -2.33. The van der Waals surface area contributed by atoms with Gasteiger partial charge in [0.25, 0.3) is 0 Å². The van der Waals surface area contributed by atoms with Crippen LogP contribution in [0.3, 0.4) is 0 Å². The van der Waals surface area contributed by atoms with E-state index in [2.05, 4.69) is 55.1 Å². The first-order chi connectivity index (χ1) is 8.76. The Morgan fingerprint density at radius 1 is 0.947 bits per heavy atom. The second-order valence-electron chi connectivity index (χ2n) is 6.61. The molecule has 0 aromatic heterocycles. The van der Waals surface area contributed by atoms with Crippen molar-refractivity contribution in [1.29, 1.82) is 0 Å². The third-order valence-corrected chi connectivity index (χ3v) is 4.52. The average Bonchev–Trinajstić information content (AvgIpc) is 2.28. The molecule has 3 heteroatoms. The van der Waals surface area contributed by atoms with Gasteiger partial charge in [-0.1, -0.05) is 45.9 Å². The Balaban J connectivity index is 3.38. The molecular weight excluding hydrogens is 251 g/mol. The average molecular weight is 280 g/mol. The molecule has 0 aliphatic carbocycles. The zero-order valence-corrected chi connectivity index (χ0v) is 13.9. The molecule has 108 valence electrons. The summed E-state index contributed by atoms with van der Waals surface area (Å²) in [5, 5.41) is 1.28. The molecule has 0 fully saturated rings. The highest BCUT2D eigenvalue weighted by Gasteiger charge is 2.31. The lowest BCUT2D eigenvalue weighted by atomic mass is 9.71. The minimum Gasteiger partial charge on any atom is -0.330 e. The summed E-state index contributed by atoms with van der Waals surface area (Å²) < 4.78 is 0. The fourth-order valence-electron chi connectivity index (χ4n) is 2.87. The van der Waals surface area contributed by atoms with E-state index in [4.69, 9.17) is 11.5 Å². The van der Waals surface area contributed by atoms with Crippen LogP contribution in [-0.2, 0) is 10.8 Å². The van der Waals surface area contributed by atoms with Crippen LogP contribution in [0.1, 0.15) is 51.7 Å². The molecule has 1 unspecified atom stereocenters. The van der Waals surface area contributed by atoms with Crippen molar-refractivity contribution in [3.63, 3.8) is 0 Å². The second-order valence-corrected chi connectivity index (χ2v) is 7.24. The van der Waals surface area contributed by atoms with Crippen LogP contribution in [0.2, 0.25) is 0 Å². The van der Waals surface area contributed by atoms with Crippen molar-refractivity contribution < 1.29 is 0 Å². The van der Waals surface area contributed by atoms with Gasteiger partial charge in [-0.15, -0.1) is 9.24 Å². The van der Waals surface area contributed by atoms with E-state index in [1.807, 2.05) is 0 Å². The van der Waals surface area contributed by atoms with Crippen LogP contribution in [0, 0.1) is 0 Å². The summed E-state index contributed by atoms with van der Waals surface area (Å²) in [6.45, 7) is 10.5. The van der Waals surface area contributed by atoms with E-state index < -0.39 is 0 Å². The first-order valence-electron chi connectivity index (χ1n) is 7.06. The van der Waals surface area contributed by atoms with Crippen molar-refractivity contribution in [2.75, 3.05) is 13.1 Å². The zero-order valence-electron chi connectivity index (χ0n) is 12.8. The van der Waals surface area contributed by atoms with Gasteiger partial charge >= 0.3 is 0 Å². The number of benzene rings is 1. The standard InChI is InChI=1S/C16H29N2P/c1-15(2,8-10-17)12-6-5-7-13(19)14(12)16(3,4)9-11-18/h5-7H,8-11,17-19H2,1-4H3. The maximum atomic E-state index is 5.79. The minimum atomic E-state index is 0.0916. The number of rotatable bonds is 6. The summed E-state index contributed by atoms with van der Waals surface area (Å²) in [7, 11) is 2.88. The molecule has 4 N–H and O–H groups in total. The van der Waals surface area contributed by atoms with Crippen molar-refractivity contribution in [2.24, 2.45) is 11.5 Å². The van der Waals surface area contributed by atoms with Gasteiger partial charge in [0, 0.05) is 0 Å². The van der Waals surface area contributed by atoms with Crippen LogP contribution in [0.15, 0.2) is 18.2 Å². The van der Waals surface area contributed by atoms with Crippen LogP contribution in [-0.4, -0.2) is 13.1 Å². The zero-order chi connectivity index (χ0) is 14.7. The van der Waals surface area contributed by atoms with Crippen LogP contribution in [0.5, 0.6) is 0 Å². The second kappa shape index (κ2) is 6.35. The Labute approximate surface area is 120 Å². The topological polar surface area (TPSA) is 52.0 Å². The third kappa shape index (κ3) is 3.78. The Morgan fingerprint density at radius 2 is 1.47 bits per heavy atom. The maximum Gasteiger partial charge on any atom is -0.00690 e. The minimum absolute atomic E-state index is 0.0916. The Bertz CT molecular complexity index is 425. The van der Waals surface area contributed by atoms with E-state index in [-0.39, 0.29) is 10.8 Å².